The molecule has 0 unspecified atom stereocenters. The molecule has 3 nitrogen and oxygen atoms in total. The molecule has 1 heterocycles. The molecule has 1 aliphatic carbocycles. The Morgan fingerprint density at radius 3 is 2.89 bits per heavy atom. The van der Waals surface area contributed by atoms with E-state index in [2.05, 4.69) is 11.4 Å². The van der Waals surface area contributed by atoms with Crippen LogP contribution in [0.25, 0.3) is 0 Å². The van der Waals surface area contributed by atoms with Crippen LogP contribution in [0.2, 0.25) is 0 Å². The van der Waals surface area contributed by atoms with Crippen molar-refractivity contribution in [3.8, 4) is 11.5 Å². The molecule has 0 spiro atoms. The van der Waals surface area contributed by atoms with Crippen molar-refractivity contribution in [3.63, 3.8) is 0 Å². The van der Waals surface area contributed by atoms with Crippen molar-refractivity contribution in [1.82, 2.24) is 5.32 Å². The van der Waals surface area contributed by atoms with Crippen molar-refractivity contribution in [2.45, 2.75) is 38.6 Å². The number of rotatable bonds is 4. The number of benzene rings is 1. The fourth-order valence-electron chi connectivity index (χ4n) is 2.93. The maximum absolute atomic E-state index is 5.51. The summed E-state index contributed by atoms with van der Waals surface area (Å²) in [6, 6.07) is 6.11. The topological polar surface area (TPSA) is 30.5 Å². The molecule has 0 amide bonds. The highest BCUT2D eigenvalue weighted by atomic mass is 16.7. The Hall–Kier alpha value is -1.22. The standard InChI is InChI=1S/C15H21NO2/c1-2-5-12(6-3-1)9-16-10-13-7-4-8-14-15(13)18-11-17-14/h4,7-8,12,16H,1-3,5-6,9-11H2. The van der Waals surface area contributed by atoms with Gasteiger partial charge in [0.15, 0.2) is 11.5 Å². The van der Waals surface area contributed by atoms with Gasteiger partial charge in [-0.2, -0.15) is 0 Å². The Balaban J connectivity index is 1.52. The summed E-state index contributed by atoms with van der Waals surface area (Å²) in [5.41, 5.74) is 1.21. The fourth-order valence-corrected chi connectivity index (χ4v) is 2.93. The molecule has 1 saturated carbocycles. The summed E-state index contributed by atoms with van der Waals surface area (Å²) in [5, 5.41) is 3.57. The van der Waals surface area contributed by atoms with E-state index in [1.165, 1.54) is 37.7 Å². The van der Waals surface area contributed by atoms with Gasteiger partial charge >= 0.3 is 0 Å². The monoisotopic (exact) mass is 247 g/mol. The lowest BCUT2D eigenvalue weighted by atomic mass is 9.89. The number of para-hydroxylation sites is 1. The van der Waals surface area contributed by atoms with Gasteiger partial charge in [0.25, 0.3) is 0 Å². The predicted octanol–water partition coefficient (Wildman–Crippen LogP) is 3.09. The first-order valence-electron chi connectivity index (χ1n) is 7.02. The lowest BCUT2D eigenvalue weighted by Crippen LogP contribution is -2.24. The molecule has 2 aliphatic rings. The van der Waals surface area contributed by atoms with Crippen LogP contribution in [0.15, 0.2) is 18.2 Å². The molecule has 0 atom stereocenters. The van der Waals surface area contributed by atoms with Gasteiger partial charge in [-0.05, 0) is 31.4 Å². The van der Waals surface area contributed by atoms with Crippen LogP contribution < -0.4 is 14.8 Å². The minimum Gasteiger partial charge on any atom is -0.454 e. The second kappa shape index (κ2) is 5.61. The van der Waals surface area contributed by atoms with E-state index in [1.807, 2.05) is 12.1 Å². The van der Waals surface area contributed by atoms with E-state index in [0.717, 1.165) is 30.5 Å². The molecule has 3 heteroatoms. The van der Waals surface area contributed by atoms with Crippen molar-refractivity contribution >= 4 is 0 Å². The zero-order chi connectivity index (χ0) is 12.2. The predicted molar refractivity (Wildman–Crippen MR) is 70.8 cm³/mol. The molecular formula is C15H21NO2. The maximum atomic E-state index is 5.51. The normalized spacial score (nSPS) is 19.1. The summed E-state index contributed by atoms with van der Waals surface area (Å²) >= 11 is 0. The van der Waals surface area contributed by atoms with Crippen molar-refractivity contribution < 1.29 is 9.47 Å². The summed E-state index contributed by atoms with van der Waals surface area (Å²) in [6.45, 7) is 2.36. The molecular weight excluding hydrogens is 226 g/mol. The largest absolute Gasteiger partial charge is 0.454 e. The molecule has 1 fully saturated rings. The maximum Gasteiger partial charge on any atom is 0.231 e. The molecule has 98 valence electrons. The number of ether oxygens (including phenoxy) is 2. The molecule has 1 aromatic rings. The smallest absolute Gasteiger partial charge is 0.231 e. The van der Waals surface area contributed by atoms with Gasteiger partial charge in [0, 0.05) is 12.1 Å². The zero-order valence-corrected chi connectivity index (χ0v) is 10.8. The van der Waals surface area contributed by atoms with Crippen LogP contribution in [0.3, 0.4) is 0 Å². The molecule has 0 bridgehead atoms. The average Bonchev–Trinajstić information content (AvgIpc) is 2.89. The van der Waals surface area contributed by atoms with Crippen LogP contribution in [0, 0.1) is 5.92 Å². The third kappa shape index (κ3) is 2.61. The lowest BCUT2D eigenvalue weighted by molar-refractivity contribution is 0.173. The number of hydrogen-bond acceptors (Lipinski definition) is 3. The highest BCUT2D eigenvalue weighted by Gasteiger charge is 2.17. The summed E-state index contributed by atoms with van der Waals surface area (Å²) in [5.74, 6) is 2.67. The summed E-state index contributed by atoms with van der Waals surface area (Å²) in [4.78, 5) is 0. The van der Waals surface area contributed by atoms with E-state index in [-0.39, 0.29) is 0 Å². The van der Waals surface area contributed by atoms with Crippen LogP contribution in [-0.4, -0.2) is 13.3 Å². The molecule has 1 N–H and O–H groups in total. The molecule has 0 saturated heterocycles. The van der Waals surface area contributed by atoms with Gasteiger partial charge in [-0.25, -0.2) is 0 Å². The van der Waals surface area contributed by atoms with E-state index >= 15 is 0 Å². The van der Waals surface area contributed by atoms with Gasteiger partial charge in [-0.15, -0.1) is 0 Å². The van der Waals surface area contributed by atoms with Crippen molar-refractivity contribution in [1.29, 1.82) is 0 Å². The Morgan fingerprint density at radius 2 is 2.00 bits per heavy atom. The summed E-state index contributed by atoms with van der Waals surface area (Å²) in [7, 11) is 0. The summed E-state index contributed by atoms with van der Waals surface area (Å²) in [6.07, 6.45) is 7.01. The molecule has 0 aromatic heterocycles. The van der Waals surface area contributed by atoms with Crippen LogP contribution in [0.4, 0.5) is 0 Å². The Kier molecular flexibility index (Phi) is 3.69. The second-order valence-corrected chi connectivity index (χ2v) is 5.29. The summed E-state index contributed by atoms with van der Waals surface area (Å²) < 4.78 is 10.9. The average molecular weight is 247 g/mol. The number of fused-ring (bicyclic) bond motifs is 1. The Morgan fingerprint density at radius 1 is 1.11 bits per heavy atom. The minimum atomic E-state index is 0.356. The van der Waals surface area contributed by atoms with Crippen LogP contribution >= 0.6 is 0 Å². The molecule has 1 aliphatic heterocycles. The molecule has 0 radical (unpaired) electrons. The molecule has 3 rings (SSSR count). The van der Waals surface area contributed by atoms with Crippen LogP contribution in [-0.2, 0) is 6.54 Å². The first-order chi connectivity index (χ1) is 8.93. The third-order valence-corrected chi connectivity index (χ3v) is 3.95. The Labute approximate surface area is 108 Å². The highest BCUT2D eigenvalue weighted by Crippen LogP contribution is 2.35. The van der Waals surface area contributed by atoms with Gasteiger partial charge in [0.2, 0.25) is 6.79 Å². The quantitative estimate of drug-likeness (QED) is 0.887. The van der Waals surface area contributed by atoms with E-state index in [0.29, 0.717) is 6.79 Å². The fraction of sp³-hybridized carbons (Fsp3) is 0.600. The SMILES string of the molecule is c1cc(CNCC2CCCCC2)c2c(c1)OCO2. The zero-order valence-electron chi connectivity index (χ0n) is 10.8. The lowest BCUT2D eigenvalue weighted by Gasteiger charge is -2.21. The first-order valence-corrected chi connectivity index (χ1v) is 7.02. The van der Waals surface area contributed by atoms with Gasteiger partial charge in [-0.3, -0.25) is 0 Å². The minimum absolute atomic E-state index is 0.356. The van der Waals surface area contributed by atoms with Gasteiger partial charge in [-0.1, -0.05) is 31.4 Å². The van der Waals surface area contributed by atoms with Crippen LogP contribution in [0.1, 0.15) is 37.7 Å². The van der Waals surface area contributed by atoms with Crippen LogP contribution in [0.5, 0.6) is 11.5 Å². The third-order valence-electron chi connectivity index (χ3n) is 3.95. The Bertz CT molecular complexity index is 399. The molecule has 18 heavy (non-hydrogen) atoms. The van der Waals surface area contributed by atoms with Gasteiger partial charge in [0.1, 0.15) is 0 Å². The number of hydrogen-bond donors (Lipinski definition) is 1. The van der Waals surface area contributed by atoms with Crippen molar-refractivity contribution in [2.24, 2.45) is 5.92 Å². The van der Waals surface area contributed by atoms with Gasteiger partial charge in [0.05, 0.1) is 0 Å². The van der Waals surface area contributed by atoms with Gasteiger partial charge < -0.3 is 14.8 Å². The van der Waals surface area contributed by atoms with Crippen molar-refractivity contribution in [3.05, 3.63) is 23.8 Å². The first kappa shape index (κ1) is 11.8. The highest BCUT2D eigenvalue weighted by molar-refractivity contribution is 5.48. The van der Waals surface area contributed by atoms with E-state index in [1.54, 1.807) is 0 Å². The van der Waals surface area contributed by atoms with E-state index < -0.39 is 0 Å². The van der Waals surface area contributed by atoms with E-state index in [9.17, 15) is 0 Å². The molecule has 1 aromatic carbocycles. The van der Waals surface area contributed by atoms with Crippen molar-refractivity contribution in [2.75, 3.05) is 13.3 Å². The second-order valence-electron chi connectivity index (χ2n) is 5.29. The van der Waals surface area contributed by atoms with E-state index in [4.69, 9.17) is 9.47 Å². The number of nitrogens with one attached hydrogen (secondary N) is 1.